The molecule has 0 fully saturated rings. The molecule has 1 heterocycles. The van der Waals surface area contributed by atoms with E-state index in [0.717, 1.165) is 10.6 Å². The molecule has 0 aliphatic heterocycles. The average molecular weight is 301 g/mol. The van der Waals surface area contributed by atoms with Crippen LogP contribution in [0, 0.1) is 18.3 Å². The number of carbonyl (C=O) groups is 1. The van der Waals surface area contributed by atoms with E-state index in [1.807, 2.05) is 31.0 Å². The molecule has 0 radical (unpaired) electrons. The van der Waals surface area contributed by atoms with E-state index in [0.29, 0.717) is 23.0 Å². The predicted octanol–water partition coefficient (Wildman–Crippen LogP) is 3.27. The van der Waals surface area contributed by atoms with E-state index >= 15 is 0 Å². The fourth-order valence-electron chi connectivity index (χ4n) is 1.78. The second-order valence-electron chi connectivity index (χ2n) is 4.34. The molecule has 0 N–H and O–H groups in total. The van der Waals surface area contributed by atoms with Crippen LogP contribution in [0.4, 0.5) is 10.8 Å². The van der Waals surface area contributed by atoms with Gasteiger partial charge in [-0.15, -0.1) is 11.3 Å². The maximum absolute atomic E-state index is 11.8. The highest BCUT2D eigenvalue weighted by Crippen LogP contribution is 2.30. The van der Waals surface area contributed by atoms with Crippen molar-refractivity contribution in [3.63, 3.8) is 0 Å². The molecule has 0 aliphatic rings. The number of anilines is 2. The Labute approximate surface area is 127 Å². The summed E-state index contributed by atoms with van der Waals surface area (Å²) in [7, 11) is 1.87. The van der Waals surface area contributed by atoms with Gasteiger partial charge in [-0.3, -0.25) is 0 Å². The number of esters is 1. The van der Waals surface area contributed by atoms with Gasteiger partial charge >= 0.3 is 5.97 Å². The van der Waals surface area contributed by atoms with Crippen molar-refractivity contribution in [2.45, 2.75) is 13.8 Å². The number of rotatable bonds is 4. The number of hydrogen-bond donors (Lipinski definition) is 0. The minimum atomic E-state index is -0.397. The summed E-state index contributed by atoms with van der Waals surface area (Å²) >= 11 is 1.43. The highest BCUT2D eigenvalue weighted by atomic mass is 32.1. The Morgan fingerprint density at radius 1 is 1.43 bits per heavy atom. The number of aromatic nitrogens is 1. The standard InChI is InChI=1S/C15H15N3O2S/c1-4-20-14(19)13-10(2)21-15(17-13)18(3)12-7-5-11(9-16)6-8-12/h5-8H,4H2,1-3H3. The number of benzene rings is 1. The van der Waals surface area contributed by atoms with E-state index in [1.54, 1.807) is 19.1 Å². The van der Waals surface area contributed by atoms with Crippen LogP contribution in [0.3, 0.4) is 0 Å². The molecule has 0 bridgehead atoms. The Bertz CT molecular complexity index is 686. The summed E-state index contributed by atoms with van der Waals surface area (Å²) in [6.07, 6.45) is 0. The number of carbonyl (C=O) groups excluding carboxylic acids is 1. The van der Waals surface area contributed by atoms with Gasteiger partial charge in [0.15, 0.2) is 10.8 Å². The maximum atomic E-state index is 11.8. The first-order valence-electron chi connectivity index (χ1n) is 6.45. The van der Waals surface area contributed by atoms with Crippen molar-refractivity contribution in [3.05, 3.63) is 40.4 Å². The molecule has 0 atom stereocenters. The molecule has 0 aliphatic carbocycles. The zero-order valence-electron chi connectivity index (χ0n) is 12.1. The summed E-state index contributed by atoms with van der Waals surface area (Å²) in [6.45, 7) is 3.94. The molecule has 0 saturated carbocycles. The van der Waals surface area contributed by atoms with E-state index in [9.17, 15) is 4.79 Å². The zero-order valence-corrected chi connectivity index (χ0v) is 12.9. The Kier molecular flexibility index (Phi) is 4.55. The lowest BCUT2D eigenvalue weighted by Gasteiger charge is -2.15. The molecule has 0 unspecified atom stereocenters. The van der Waals surface area contributed by atoms with Crippen LogP contribution in [0.5, 0.6) is 0 Å². The molecule has 0 amide bonds. The second-order valence-corrected chi connectivity index (χ2v) is 5.52. The van der Waals surface area contributed by atoms with Gasteiger partial charge in [-0.2, -0.15) is 5.26 Å². The Morgan fingerprint density at radius 2 is 2.10 bits per heavy atom. The van der Waals surface area contributed by atoms with Crippen LogP contribution in [0.25, 0.3) is 0 Å². The van der Waals surface area contributed by atoms with Crippen molar-refractivity contribution >= 4 is 28.1 Å². The second kappa shape index (κ2) is 6.37. The molecule has 108 valence electrons. The zero-order chi connectivity index (χ0) is 15.4. The molecule has 0 saturated heterocycles. The van der Waals surface area contributed by atoms with Crippen LogP contribution in [0.2, 0.25) is 0 Å². The molecule has 2 rings (SSSR count). The smallest absolute Gasteiger partial charge is 0.358 e. The van der Waals surface area contributed by atoms with Gasteiger partial charge in [-0.25, -0.2) is 9.78 Å². The summed E-state index contributed by atoms with van der Waals surface area (Å²) in [5.41, 5.74) is 1.87. The molecular weight excluding hydrogens is 286 g/mol. The predicted molar refractivity (Wildman–Crippen MR) is 82.0 cm³/mol. The minimum absolute atomic E-state index is 0.330. The molecule has 2 aromatic rings. The summed E-state index contributed by atoms with van der Waals surface area (Å²) in [4.78, 5) is 18.8. The number of nitriles is 1. The Hall–Kier alpha value is -2.39. The van der Waals surface area contributed by atoms with Crippen LogP contribution >= 0.6 is 11.3 Å². The van der Waals surface area contributed by atoms with Crippen molar-refractivity contribution in [2.24, 2.45) is 0 Å². The third-order valence-electron chi connectivity index (χ3n) is 2.92. The number of hydrogen-bond acceptors (Lipinski definition) is 6. The van der Waals surface area contributed by atoms with Crippen molar-refractivity contribution in [3.8, 4) is 6.07 Å². The number of aryl methyl sites for hydroxylation is 1. The lowest BCUT2D eigenvalue weighted by atomic mass is 10.2. The van der Waals surface area contributed by atoms with Crippen LogP contribution in [-0.4, -0.2) is 24.6 Å². The summed E-state index contributed by atoms with van der Waals surface area (Å²) in [5, 5.41) is 9.52. The molecule has 21 heavy (non-hydrogen) atoms. The fraction of sp³-hybridized carbons (Fsp3) is 0.267. The van der Waals surface area contributed by atoms with Crippen molar-refractivity contribution in [1.29, 1.82) is 5.26 Å². The first-order valence-corrected chi connectivity index (χ1v) is 7.27. The van der Waals surface area contributed by atoms with Crippen LogP contribution in [0.1, 0.15) is 27.9 Å². The van der Waals surface area contributed by atoms with Crippen molar-refractivity contribution < 1.29 is 9.53 Å². The van der Waals surface area contributed by atoms with E-state index in [2.05, 4.69) is 11.1 Å². The van der Waals surface area contributed by atoms with Crippen LogP contribution in [0.15, 0.2) is 24.3 Å². The molecular formula is C15H15N3O2S. The fourth-order valence-corrected chi connectivity index (χ4v) is 2.66. The van der Waals surface area contributed by atoms with E-state index in [4.69, 9.17) is 10.00 Å². The van der Waals surface area contributed by atoms with Crippen molar-refractivity contribution in [1.82, 2.24) is 4.98 Å². The molecule has 6 heteroatoms. The van der Waals surface area contributed by atoms with Crippen LogP contribution < -0.4 is 4.90 Å². The lowest BCUT2D eigenvalue weighted by Crippen LogP contribution is -2.11. The third kappa shape index (κ3) is 3.20. The minimum Gasteiger partial charge on any atom is -0.461 e. The van der Waals surface area contributed by atoms with Gasteiger partial charge in [0.25, 0.3) is 0 Å². The average Bonchev–Trinajstić information content (AvgIpc) is 2.89. The van der Waals surface area contributed by atoms with E-state index < -0.39 is 5.97 Å². The Morgan fingerprint density at radius 3 is 2.67 bits per heavy atom. The first-order chi connectivity index (χ1) is 10.1. The quantitative estimate of drug-likeness (QED) is 0.811. The largest absolute Gasteiger partial charge is 0.461 e. The molecule has 1 aromatic heterocycles. The van der Waals surface area contributed by atoms with Crippen LogP contribution in [-0.2, 0) is 4.74 Å². The monoisotopic (exact) mass is 301 g/mol. The van der Waals surface area contributed by atoms with Gasteiger partial charge in [0, 0.05) is 17.6 Å². The lowest BCUT2D eigenvalue weighted by molar-refractivity contribution is 0.0519. The van der Waals surface area contributed by atoms with Gasteiger partial charge in [-0.05, 0) is 38.1 Å². The number of nitrogens with zero attached hydrogens (tertiary/aromatic N) is 3. The third-order valence-corrected chi connectivity index (χ3v) is 3.97. The molecule has 0 spiro atoms. The van der Waals surface area contributed by atoms with E-state index in [1.165, 1.54) is 11.3 Å². The van der Waals surface area contributed by atoms with Gasteiger partial charge < -0.3 is 9.64 Å². The summed E-state index contributed by atoms with van der Waals surface area (Å²) in [5.74, 6) is -0.397. The normalized spacial score (nSPS) is 10.0. The Balaban J connectivity index is 2.27. The SMILES string of the molecule is CCOC(=O)c1nc(N(C)c2ccc(C#N)cc2)sc1C. The summed E-state index contributed by atoms with van der Waals surface area (Å²) in [6, 6.07) is 9.27. The highest BCUT2D eigenvalue weighted by Gasteiger charge is 2.18. The number of thiazole rings is 1. The maximum Gasteiger partial charge on any atom is 0.358 e. The van der Waals surface area contributed by atoms with Gasteiger partial charge in [0.1, 0.15) is 0 Å². The summed E-state index contributed by atoms with van der Waals surface area (Å²) < 4.78 is 4.99. The van der Waals surface area contributed by atoms with Gasteiger partial charge in [-0.1, -0.05) is 0 Å². The molecule has 5 nitrogen and oxygen atoms in total. The number of ether oxygens (including phenoxy) is 1. The van der Waals surface area contributed by atoms with E-state index in [-0.39, 0.29) is 0 Å². The first kappa shape index (κ1) is 15.0. The molecule has 1 aromatic carbocycles. The topological polar surface area (TPSA) is 66.2 Å². The van der Waals surface area contributed by atoms with Gasteiger partial charge in [0.05, 0.1) is 18.2 Å². The van der Waals surface area contributed by atoms with Crippen molar-refractivity contribution in [2.75, 3.05) is 18.6 Å². The highest BCUT2D eigenvalue weighted by molar-refractivity contribution is 7.15. The van der Waals surface area contributed by atoms with Gasteiger partial charge in [0.2, 0.25) is 0 Å².